The molecule has 15 heavy (non-hydrogen) atoms. The van der Waals surface area contributed by atoms with Crippen LogP contribution in [0.2, 0.25) is 0 Å². The molecule has 0 fully saturated rings. The number of pyridine rings is 1. The Morgan fingerprint density at radius 1 is 1.27 bits per heavy atom. The minimum atomic E-state index is -1.46. The molecule has 0 atom stereocenters. The lowest BCUT2D eigenvalue weighted by Gasteiger charge is -2.03. The van der Waals surface area contributed by atoms with Crippen LogP contribution in [0.4, 0.5) is 0 Å². The third kappa shape index (κ3) is 4.45. The maximum Gasteiger partial charge on any atom is 0.508 e. The second-order valence-corrected chi connectivity index (χ2v) is 3.77. The van der Waals surface area contributed by atoms with Crippen molar-refractivity contribution in [2.24, 2.45) is 0 Å². The van der Waals surface area contributed by atoms with Crippen LogP contribution in [-0.2, 0) is 6.42 Å². The summed E-state index contributed by atoms with van der Waals surface area (Å²) in [5.74, 6) is 0. The first-order valence-corrected chi connectivity index (χ1v) is 5.55. The van der Waals surface area contributed by atoms with Gasteiger partial charge in [-0.3, -0.25) is 4.98 Å². The summed E-state index contributed by atoms with van der Waals surface area (Å²) in [5, 5.41) is 17.9. The van der Waals surface area contributed by atoms with E-state index in [1.54, 1.807) is 12.3 Å². The summed E-state index contributed by atoms with van der Waals surface area (Å²) in [4.78, 5) is 3.88. The van der Waals surface area contributed by atoms with Crippen molar-refractivity contribution >= 4 is 12.7 Å². The van der Waals surface area contributed by atoms with E-state index in [1.807, 2.05) is 6.07 Å². The summed E-state index contributed by atoms with van der Waals surface area (Å²) in [6, 6.07) is 3.69. The van der Waals surface area contributed by atoms with Crippen LogP contribution in [0.3, 0.4) is 0 Å². The summed E-state index contributed by atoms with van der Waals surface area (Å²) in [5.41, 5.74) is 1.46. The van der Waals surface area contributed by atoms with E-state index < -0.39 is 7.12 Å². The van der Waals surface area contributed by atoms with E-state index in [0.717, 1.165) is 18.4 Å². The Kier molecular flexibility index (Phi) is 5.36. The summed E-state index contributed by atoms with van der Waals surface area (Å²) in [7, 11) is -1.46. The SMILES string of the molecule is CCCCCCc1ccnc(B(O)O)c1. The van der Waals surface area contributed by atoms with E-state index in [1.165, 1.54) is 19.3 Å². The van der Waals surface area contributed by atoms with Crippen molar-refractivity contribution in [3.63, 3.8) is 0 Å². The van der Waals surface area contributed by atoms with Gasteiger partial charge < -0.3 is 10.0 Å². The largest absolute Gasteiger partial charge is 0.508 e. The summed E-state index contributed by atoms with van der Waals surface area (Å²) in [6.07, 6.45) is 7.50. The average molecular weight is 207 g/mol. The van der Waals surface area contributed by atoms with Crippen molar-refractivity contribution in [1.29, 1.82) is 0 Å². The van der Waals surface area contributed by atoms with E-state index in [0.29, 0.717) is 5.59 Å². The maximum absolute atomic E-state index is 8.95. The van der Waals surface area contributed by atoms with Crippen molar-refractivity contribution < 1.29 is 10.0 Å². The van der Waals surface area contributed by atoms with Gasteiger partial charge in [0.1, 0.15) is 0 Å². The van der Waals surface area contributed by atoms with E-state index in [9.17, 15) is 0 Å². The number of hydrogen-bond acceptors (Lipinski definition) is 3. The summed E-state index contributed by atoms with van der Waals surface area (Å²) < 4.78 is 0. The highest BCUT2D eigenvalue weighted by Crippen LogP contribution is 2.05. The lowest BCUT2D eigenvalue weighted by molar-refractivity contribution is 0.424. The lowest BCUT2D eigenvalue weighted by atomic mass is 9.84. The molecular weight excluding hydrogens is 189 g/mol. The third-order valence-electron chi connectivity index (χ3n) is 2.43. The van der Waals surface area contributed by atoms with Gasteiger partial charge in [0.05, 0.1) is 5.59 Å². The second-order valence-electron chi connectivity index (χ2n) is 3.77. The Morgan fingerprint density at radius 2 is 2.07 bits per heavy atom. The van der Waals surface area contributed by atoms with Gasteiger partial charge in [-0.05, 0) is 30.5 Å². The molecule has 0 saturated carbocycles. The number of nitrogens with zero attached hydrogens (tertiary/aromatic N) is 1. The minimum Gasteiger partial charge on any atom is -0.422 e. The molecule has 0 radical (unpaired) electrons. The van der Waals surface area contributed by atoms with Crippen molar-refractivity contribution in [2.45, 2.75) is 39.0 Å². The number of aryl methyl sites for hydroxylation is 1. The molecule has 3 nitrogen and oxygen atoms in total. The number of rotatable bonds is 6. The van der Waals surface area contributed by atoms with Crippen molar-refractivity contribution in [2.75, 3.05) is 0 Å². The zero-order valence-corrected chi connectivity index (χ0v) is 9.19. The minimum absolute atomic E-state index is 0.336. The fraction of sp³-hybridized carbons (Fsp3) is 0.545. The molecule has 1 heterocycles. The van der Waals surface area contributed by atoms with Crippen molar-refractivity contribution in [3.05, 3.63) is 23.9 Å². The summed E-state index contributed by atoms with van der Waals surface area (Å²) in [6.45, 7) is 2.19. The molecule has 82 valence electrons. The van der Waals surface area contributed by atoms with Crippen molar-refractivity contribution in [1.82, 2.24) is 4.98 Å². The van der Waals surface area contributed by atoms with Gasteiger partial charge in [0.15, 0.2) is 0 Å². The molecule has 0 aliphatic carbocycles. The Labute approximate surface area is 91.3 Å². The number of hydrogen-bond donors (Lipinski definition) is 2. The predicted molar refractivity (Wildman–Crippen MR) is 61.9 cm³/mol. The Morgan fingerprint density at radius 3 is 2.73 bits per heavy atom. The molecule has 4 heteroatoms. The quantitative estimate of drug-likeness (QED) is 0.537. The van der Waals surface area contributed by atoms with Gasteiger partial charge in [-0.25, -0.2) is 0 Å². The highest BCUT2D eigenvalue weighted by molar-refractivity contribution is 6.57. The van der Waals surface area contributed by atoms with Crippen LogP contribution in [0.25, 0.3) is 0 Å². The van der Waals surface area contributed by atoms with Gasteiger partial charge in [0.2, 0.25) is 0 Å². The Balaban J connectivity index is 2.43. The number of unbranched alkanes of at least 4 members (excludes halogenated alkanes) is 3. The van der Waals surface area contributed by atoms with Gasteiger partial charge in [0.25, 0.3) is 0 Å². The van der Waals surface area contributed by atoms with Gasteiger partial charge in [-0.2, -0.15) is 0 Å². The molecule has 0 unspecified atom stereocenters. The van der Waals surface area contributed by atoms with Crippen LogP contribution in [0.1, 0.15) is 38.2 Å². The van der Waals surface area contributed by atoms with Gasteiger partial charge in [-0.1, -0.05) is 26.2 Å². The molecular formula is C11H18BNO2. The van der Waals surface area contributed by atoms with Crippen molar-refractivity contribution in [3.8, 4) is 0 Å². The first kappa shape index (κ1) is 12.2. The average Bonchev–Trinajstić information content (AvgIpc) is 2.25. The van der Waals surface area contributed by atoms with Crippen LogP contribution < -0.4 is 5.59 Å². The Bertz CT molecular complexity index is 292. The topological polar surface area (TPSA) is 53.4 Å². The molecule has 0 spiro atoms. The normalized spacial score (nSPS) is 10.3. The highest BCUT2D eigenvalue weighted by Gasteiger charge is 2.12. The fourth-order valence-electron chi connectivity index (χ4n) is 1.55. The highest BCUT2D eigenvalue weighted by atomic mass is 16.4. The third-order valence-corrected chi connectivity index (χ3v) is 2.43. The van der Waals surface area contributed by atoms with E-state index in [4.69, 9.17) is 10.0 Å². The molecule has 0 bridgehead atoms. The first-order valence-electron chi connectivity index (χ1n) is 5.55. The smallest absolute Gasteiger partial charge is 0.422 e. The number of aromatic nitrogens is 1. The molecule has 1 rings (SSSR count). The zero-order valence-electron chi connectivity index (χ0n) is 9.19. The van der Waals surface area contributed by atoms with Crippen LogP contribution >= 0.6 is 0 Å². The zero-order chi connectivity index (χ0) is 11.1. The monoisotopic (exact) mass is 207 g/mol. The van der Waals surface area contributed by atoms with E-state index >= 15 is 0 Å². The van der Waals surface area contributed by atoms with Crippen LogP contribution in [-0.4, -0.2) is 22.2 Å². The molecule has 0 amide bonds. The predicted octanol–water partition coefficient (Wildman–Crippen LogP) is 0.884. The van der Waals surface area contributed by atoms with Crippen LogP contribution in [0.15, 0.2) is 18.3 Å². The van der Waals surface area contributed by atoms with E-state index in [2.05, 4.69) is 11.9 Å². The molecule has 0 aliphatic rings. The fourth-order valence-corrected chi connectivity index (χ4v) is 1.55. The molecule has 1 aromatic rings. The van der Waals surface area contributed by atoms with Gasteiger partial charge >= 0.3 is 7.12 Å². The van der Waals surface area contributed by atoms with Crippen LogP contribution in [0, 0.1) is 0 Å². The van der Waals surface area contributed by atoms with Crippen LogP contribution in [0.5, 0.6) is 0 Å². The van der Waals surface area contributed by atoms with Gasteiger partial charge in [-0.15, -0.1) is 0 Å². The molecule has 2 N–H and O–H groups in total. The van der Waals surface area contributed by atoms with E-state index in [-0.39, 0.29) is 0 Å². The molecule has 0 saturated heterocycles. The lowest BCUT2D eigenvalue weighted by Crippen LogP contribution is -2.32. The first-order chi connectivity index (χ1) is 7.24. The molecule has 0 aromatic carbocycles. The Hall–Kier alpha value is -0.865. The molecule has 0 aliphatic heterocycles. The maximum atomic E-state index is 8.95. The molecule has 1 aromatic heterocycles. The standard InChI is InChI=1S/C11H18BNO2/c1-2-3-4-5-6-10-7-8-13-11(9-10)12(14)15/h7-9,14-15H,2-6H2,1H3. The second kappa shape index (κ2) is 6.59. The summed E-state index contributed by atoms with van der Waals surface area (Å²) >= 11 is 0. The van der Waals surface area contributed by atoms with Gasteiger partial charge in [0, 0.05) is 6.20 Å².